The molecule has 1 fully saturated rings. The number of ether oxygens (including phenoxy) is 2. The van der Waals surface area contributed by atoms with Crippen LogP contribution >= 0.6 is 0 Å². The number of carbonyl (C=O) groups excluding carboxylic acids is 2. The summed E-state index contributed by atoms with van der Waals surface area (Å²) in [5, 5.41) is 9.61. The molecule has 35 heavy (non-hydrogen) atoms. The number of hydrogen-bond donors (Lipinski definition) is 3. The number of hydrogen-bond acceptors (Lipinski definition) is 5. The lowest BCUT2D eigenvalue weighted by molar-refractivity contribution is -0.130. The molecule has 3 N–H and O–H groups in total. The summed E-state index contributed by atoms with van der Waals surface area (Å²) in [4.78, 5) is 27.4. The minimum atomic E-state index is -1.16. The second-order valence-corrected chi connectivity index (χ2v) is 9.19. The summed E-state index contributed by atoms with van der Waals surface area (Å²) in [5.41, 5.74) is 3.08. The Balaban J connectivity index is 1.53. The first-order chi connectivity index (χ1) is 16.9. The fourth-order valence-corrected chi connectivity index (χ4v) is 5.34. The number of nitrogens with one attached hydrogen (secondary N) is 3. The third-order valence-corrected chi connectivity index (χ3v) is 6.99. The van der Waals surface area contributed by atoms with Gasteiger partial charge in [-0.1, -0.05) is 48.0 Å². The highest BCUT2D eigenvalue weighted by Gasteiger charge is 2.60. The van der Waals surface area contributed by atoms with Gasteiger partial charge in [-0.05, 0) is 43.5 Å². The predicted octanol–water partition coefficient (Wildman–Crippen LogP) is 4.02. The number of rotatable bonds is 6. The van der Waals surface area contributed by atoms with Crippen LogP contribution in [-0.2, 0) is 21.5 Å². The molecule has 0 aromatic heterocycles. The Hall–Kier alpha value is -3.84. The smallest absolute Gasteiger partial charge is 0.250 e. The van der Waals surface area contributed by atoms with E-state index in [0.29, 0.717) is 30.0 Å². The molecule has 3 aromatic carbocycles. The summed E-state index contributed by atoms with van der Waals surface area (Å²) >= 11 is 0. The number of aryl methyl sites for hydroxylation is 1. The standard InChI is InChI=1S/C28H29N3O4/c1-17-9-11-23-21(13-17)28(27(33)30-23)22(15-19(31-28)14-18-7-5-4-6-8-18)26(32)29-24-16-20(34-2)10-12-25(24)35-3/h4-13,16,19,22,31H,14-15H2,1-3H3,(H,29,32)(H,30,33)/t19-,22+,28-/m0/s1. The maximum Gasteiger partial charge on any atom is 0.250 e. The highest BCUT2D eigenvalue weighted by Crippen LogP contribution is 2.48. The van der Waals surface area contributed by atoms with Crippen molar-refractivity contribution < 1.29 is 19.1 Å². The van der Waals surface area contributed by atoms with E-state index in [2.05, 4.69) is 28.1 Å². The summed E-state index contributed by atoms with van der Waals surface area (Å²) in [5.74, 6) is 0.0414. The molecule has 7 nitrogen and oxygen atoms in total. The highest BCUT2D eigenvalue weighted by atomic mass is 16.5. The SMILES string of the molecule is COc1ccc(OC)c(NC(=O)[C@H]2C[C@H](Cc3ccccc3)N[C@]23C(=O)Nc2ccc(C)cc23)c1. The van der Waals surface area contributed by atoms with Gasteiger partial charge in [-0.2, -0.15) is 0 Å². The first-order valence-electron chi connectivity index (χ1n) is 11.7. The molecule has 2 amide bonds. The molecule has 2 heterocycles. The summed E-state index contributed by atoms with van der Waals surface area (Å²) in [6, 6.07) is 21.2. The van der Waals surface area contributed by atoms with Crippen molar-refractivity contribution in [3.8, 4) is 11.5 Å². The van der Waals surface area contributed by atoms with Gasteiger partial charge in [0.05, 0.1) is 25.8 Å². The molecular formula is C28H29N3O4. The van der Waals surface area contributed by atoms with Crippen molar-refractivity contribution in [3.63, 3.8) is 0 Å². The average molecular weight is 472 g/mol. The number of methoxy groups -OCH3 is 2. The number of anilines is 2. The van der Waals surface area contributed by atoms with Crippen LogP contribution in [0.25, 0.3) is 0 Å². The van der Waals surface area contributed by atoms with Crippen LogP contribution in [0.1, 0.15) is 23.1 Å². The third kappa shape index (κ3) is 4.02. The molecule has 7 heteroatoms. The van der Waals surface area contributed by atoms with E-state index >= 15 is 0 Å². The maximum atomic E-state index is 13.9. The average Bonchev–Trinajstić information content (AvgIpc) is 3.38. The lowest BCUT2D eigenvalue weighted by atomic mass is 9.79. The topological polar surface area (TPSA) is 88.7 Å². The van der Waals surface area contributed by atoms with Gasteiger partial charge in [0.1, 0.15) is 17.0 Å². The Morgan fingerprint density at radius 1 is 1.06 bits per heavy atom. The Morgan fingerprint density at radius 3 is 2.60 bits per heavy atom. The number of carbonyl (C=O) groups is 2. The molecule has 3 aromatic rings. The number of benzene rings is 3. The van der Waals surface area contributed by atoms with Gasteiger partial charge in [-0.3, -0.25) is 14.9 Å². The Morgan fingerprint density at radius 2 is 1.86 bits per heavy atom. The van der Waals surface area contributed by atoms with Crippen LogP contribution in [0.4, 0.5) is 11.4 Å². The highest BCUT2D eigenvalue weighted by molar-refractivity contribution is 6.11. The largest absolute Gasteiger partial charge is 0.497 e. The van der Waals surface area contributed by atoms with Crippen LogP contribution < -0.4 is 25.4 Å². The minimum absolute atomic E-state index is 0.0578. The number of amides is 2. The van der Waals surface area contributed by atoms with Crippen molar-refractivity contribution in [2.45, 2.75) is 31.3 Å². The predicted molar refractivity (Wildman–Crippen MR) is 135 cm³/mol. The fourth-order valence-electron chi connectivity index (χ4n) is 5.34. The van der Waals surface area contributed by atoms with Crippen LogP contribution in [0.3, 0.4) is 0 Å². The van der Waals surface area contributed by atoms with E-state index in [1.807, 2.05) is 43.3 Å². The summed E-state index contributed by atoms with van der Waals surface area (Å²) in [6.45, 7) is 1.99. The zero-order chi connectivity index (χ0) is 24.6. The van der Waals surface area contributed by atoms with Crippen LogP contribution in [-0.4, -0.2) is 32.1 Å². The van der Waals surface area contributed by atoms with Crippen molar-refractivity contribution in [2.24, 2.45) is 5.92 Å². The molecule has 5 rings (SSSR count). The van der Waals surface area contributed by atoms with E-state index in [1.54, 1.807) is 32.4 Å². The van der Waals surface area contributed by atoms with E-state index in [4.69, 9.17) is 9.47 Å². The Kier molecular flexibility index (Phi) is 5.94. The molecular weight excluding hydrogens is 442 g/mol. The van der Waals surface area contributed by atoms with Crippen molar-refractivity contribution in [1.82, 2.24) is 5.32 Å². The van der Waals surface area contributed by atoms with Gasteiger partial charge in [0.15, 0.2) is 0 Å². The van der Waals surface area contributed by atoms with E-state index in [9.17, 15) is 9.59 Å². The molecule has 180 valence electrons. The summed E-state index contributed by atoms with van der Waals surface area (Å²) < 4.78 is 10.8. The molecule has 3 atom stereocenters. The van der Waals surface area contributed by atoms with Gasteiger partial charge < -0.3 is 20.1 Å². The van der Waals surface area contributed by atoms with Gasteiger partial charge in [0.2, 0.25) is 11.8 Å². The first kappa shape index (κ1) is 22.9. The molecule has 2 aliphatic heterocycles. The second-order valence-electron chi connectivity index (χ2n) is 9.19. The van der Waals surface area contributed by atoms with Crippen molar-refractivity contribution in [1.29, 1.82) is 0 Å². The molecule has 1 saturated heterocycles. The van der Waals surface area contributed by atoms with Crippen LogP contribution in [0.2, 0.25) is 0 Å². The van der Waals surface area contributed by atoms with Crippen molar-refractivity contribution in [3.05, 3.63) is 83.4 Å². The monoisotopic (exact) mass is 471 g/mol. The molecule has 0 aliphatic carbocycles. The molecule has 0 bridgehead atoms. The van der Waals surface area contributed by atoms with E-state index < -0.39 is 11.5 Å². The van der Waals surface area contributed by atoms with Gasteiger partial charge >= 0.3 is 0 Å². The fraction of sp³-hybridized carbons (Fsp3) is 0.286. The van der Waals surface area contributed by atoms with Gasteiger partial charge in [0.25, 0.3) is 0 Å². The van der Waals surface area contributed by atoms with Crippen LogP contribution in [0.5, 0.6) is 11.5 Å². The molecule has 2 aliphatic rings. The summed E-state index contributed by atoms with van der Waals surface area (Å²) in [6.07, 6.45) is 1.22. The second kappa shape index (κ2) is 9.07. The Bertz CT molecular complexity index is 1280. The van der Waals surface area contributed by atoms with Gasteiger partial charge in [-0.15, -0.1) is 0 Å². The quantitative estimate of drug-likeness (QED) is 0.505. The maximum absolute atomic E-state index is 13.9. The van der Waals surface area contributed by atoms with Crippen LogP contribution in [0.15, 0.2) is 66.7 Å². The lowest BCUT2D eigenvalue weighted by Gasteiger charge is -2.29. The van der Waals surface area contributed by atoms with E-state index in [-0.39, 0.29) is 17.9 Å². The zero-order valence-corrected chi connectivity index (χ0v) is 20.1. The first-order valence-corrected chi connectivity index (χ1v) is 11.7. The van der Waals surface area contributed by atoms with E-state index in [1.165, 1.54) is 0 Å². The summed E-state index contributed by atoms with van der Waals surface area (Å²) in [7, 11) is 3.12. The van der Waals surface area contributed by atoms with Gasteiger partial charge in [0, 0.05) is 23.4 Å². The molecule has 0 radical (unpaired) electrons. The molecule has 0 saturated carbocycles. The van der Waals surface area contributed by atoms with E-state index in [0.717, 1.165) is 22.4 Å². The molecule has 0 unspecified atom stereocenters. The van der Waals surface area contributed by atoms with Crippen molar-refractivity contribution in [2.75, 3.05) is 24.9 Å². The number of fused-ring (bicyclic) bond motifs is 2. The minimum Gasteiger partial charge on any atom is -0.497 e. The third-order valence-electron chi connectivity index (χ3n) is 6.99. The normalized spacial score (nSPS) is 22.5. The van der Waals surface area contributed by atoms with Crippen molar-refractivity contribution >= 4 is 23.2 Å². The Labute approximate surface area is 204 Å². The van der Waals surface area contributed by atoms with Crippen LogP contribution in [0, 0.1) is 12.8 Å². The lowest BCUT2D eigenvalue weighted by Crippen LogP contribution is -2.52. The molecule has 1 spiro atoms. The zero-order valence-electron chi connectivity index (χ0n) is 20.1. The van der Waals surface area contributed by atoms with Gasteiger partial charge in [-0.25, -0.2) is 0 Å².